The van der Waals surface area contributed by atoms with E-state index in [1.54, 1.807) is 0 Å². The van der Waals surface area contributed by atoms with Gasteiger partial charge in [0.1, 0.15) is 5.25 Å². The summed E-state index contributed by atoms with van der Waals surface area (Å²) in [6.07, 6.45) is 2.73. The summed E-state index contributed by atoms with van der Waals surface area (Å²) in [5.74, 6) is -0.598. The Kier molecular flexibility index (Phi) is 3.97. The van der Waals surface area contributed by atoms with Crippen LogP contribution in [-0.2, 0) is 14.6 Å². The summed E-state index contributed by atoms with van der Waals surface area (Å²) in [6, 6.07) is -0.586. The van der Waals surface area contributed by atoms with Crippen LogP contribution in [0.5, 0.6) is 0 Å². The highest BCUT2D eigenvalue weighted by atomic mass is 32.2. The number of amides is 1. The van der Waals surface area contributed by atoms with E-state index in [1.807, 2.05) is 0 Å². The fourth-order valence-corrected chi connectivity index (χ4v) is 1.85. The van der Waals surface area contributed by atoms with Crippen LogP contribution >= 0.6 is 0 Å². The summed E-state index contributed by atoms with van der Waals surface area (Å²) >= 11 is 0. The molecule has 1 amide bonds. The van der Waals surface area contributed by atoms with Crippen LogP contribution in [0.15, 0.2) is 5.16 Å². The van der Waals surface area contributed by atoms with Crippen LogP contribution < -0.4 is 11.1 Å². The number of hydrogen-bond acceptors (Lipinski definition) is 5. The monoisotopic (exact) mass is 263 g/mol. The van der Waals surface area contributed by atoms with E-state index in [9.17, 15) is 13.2 Å². The van der Waals surface area contributed by atoms with E-state index in [4.69, 9.17) is 10.9 Å². The number of nitrogens with zero attached hydrogens (tertiary/aromatic N) is 1. The zero-order chi connectivity index (χ0) is 13.2. The Morgan fingerprint density at radius 3 is 2.41 bits per heavy atom. The molecule has 8 heteroatoms. The molecule has 1 rings (SSSR count). The minimum Gasteiger partial charge on any atom is -0.409 e. The predicted molar refractivity (Wildman–Crippen MR) is 62.4 cm³/mol. The minimum absolute atomic E-state index is 0.0958. The summed E-state index contributed by atoms with van der Waals surface area (Å²) in [4.78, 5) is 11.7. The molecule has 2 unspecified atom stereocenters. The van der Waals surface area contributed by atoms with Gasteiger partial charge < -0.3 is 16.3 Å². The van der Waals surface area contributed by atoms with E-state index < -0.39 is 27.0 Å². The second-order valence-electron chi connectivity index (χ2n) is 4.32. The topological polar surface area (TPSA) is 122 Å². The molecule has 0 saturated heterocycles. The van der Waals surface area contributed by atoms with Gasteiger partial charge in [-0.05, 0) is 25.7 Å². The SMILES string of the molecule is CC(C(=O)NC(C(N)=NO)C1CC1)S(C)(=O)=O. The average Bonchev–Trinajstić information content (AvgIpc) is 3.05. The summed E-state index contributed by atoms with van der Waals surface area (Å²) in [7, 11) is -3.44. The van der Waals surface area contributed by atoms with Gasteiger partial charge in [-0.25, -0.2) is 8.42 Å². The number of sulfone groups is 1. The van der Waals surface area contributed by atoms with Crippen LogP contribution in [0.3, 0.4) is 0 Å². The molecule has 17 heavy (non-hydrogen) atoms. The maximum absolute atomic E-state index is 11.7. The minimum atomic E-state index is -3.44. The molecular weight excluding hydrogens is 246 g/mol. The number of oxime groups is 1. The Balaban J connectivity index is 2.72. The molecule has 98 valence electrons. The van der Waals surface area contributed by atoms with Crippen LogP contribution in [0.25, 0.3) is 0 Å². The second kappa shape index (κ2) is 4.91. The first-order valence-electron chi connectivity index (χ1n) is 5.24. The first kappa shape index (κ1) is 13.8. The van der Waals surface area contributed by atoms with Gasteiger partial charge in [0.25, 0.3) is 0 Å². The molecule has 1 fully saturated rings. The van der Waals surface area contributed by atoms with Crippen LogP contribution in [0, 0.1) is 5.92 Å². The lowest BCUT2D eigenvalue weighted by molar-refractivity contribution is -0.120. The Hall–Kier alpha value is -1.31. The van der Waals surface area contributed by atoms with E-state index in [0.29, 0.717) is 0 Å². The third-order valence-corrected chi connectivity index (χ3v) is 4.34. The highest BCUT2D eigenvalue weighted by Crippen LogP contribution is 2.32. The van der Waals surface area contributed by atoms with Crippen LogP contribution in [0.1, 0.15) is 19.8 Å². The molecule has 0 aromatic carbocycles. The quantitative estimate of drug-likeness (QED) is 0.256. The van der Waals surface area contributed by atoms with Crippen LogP contribution in [-0.4, -0.2) is 42.9 Å². The highest BCUT2D eigenvalue weighted by molar-refractivity contribution is 7.92. The lowest BCUT2D eigenvalue weighted by Crippen LogP contribution is -2.50. The fraction of sp³-hybridized carbons (Fsp3) is 0.778. The van der Waals surface area contributed by atoms with Gasteiger partial charge in [-0.1, -0.05) is 5.16 Å². The van der Waals surface area contributed by atoms with Gasteiger partial charge in [-0.15, -0.1) is 0 Å². The highest BCUT2D eigenvalue weighted by Gasteiger charge is 2.37. The van der Waals surface area contributed by atoms with Crippen molar-refractivity contribution in [2.24, 2.45) is 16.8 Å². The molecule has 1 aliphatic rings. The van der Waals surface area contributed by atoms with Gasteiger partial charge in [0.2, 0.25) is 5.91 Å². The van der Waals surface area contributed by atoms with Crippen LogP contribution in [0.4, 0.5) is 0 Å². The summed E-state index contributed by atoms with van der Waals surface area (Å²) in [6.45, 7) is 1.31. The zero-order valence-corrected chi connectivity index (χ0v) is 10.6. The Morgan fingerprint density at radius 2 is 2.06 bits per heavy atom. The van der Waals surface area contributed by atoms with Gasteiger partial charge in [0.15, 0.2) is 15.7 Å². The molecule has 2 atom stereocenters. The average molecular weight is 263 g/mol. The van der Waals surface area contributed by atoms with Crippen molar-refractivity contribution in [1.29, 1.82) is 0 Å². The van der Waals surface area contributed by atoms with Crippen molar-refractivity contribution in [2.45, 2.75) is 31.1 Å². The number of carbonyl (C=O) groups excluding carboxylic acids is 1. The molecule has 0 aromatic heterocycles. The van der Waals surface area contributed by atoms with Crippen molar-refractivity contribution in [3.05, 3.63) is 0 Å². The van der Waals surface area contributed by atoms with Crippen molar-refractivity contribution in [3.63, 3.8) is 0 Å². The maximum Gasteiger partial charge on any atom is 0.238 e. The molecule has 0 heterocycles. The summed E-state index contributed by atoms with van der Waals surface area (Å²) < 4.78 is 22.4. The van der Waals surface area contributed by atoms with Crippen molar-refractivity contribution in [3.8, 4) is 0 Å². The van der Waals surface area contributed by atoms with E-state index in [2.05, 4.69) is 10.5 Å². The van der Waals surface area contributed by atoms with Gasteiger partial charge in [-0.3, -0.25) is 4.79 Å². The van der Waals surface area contributed by atoms with E-state index >= 15 is 0 Å². The summed E-state index contributed by atoms with van der Waals surface area (Å²) in [5.41, 5.74) is 5.45. The molecule has 4 N–H and O–H groups in total. The number of amidine groups is 1. The van der Waals surface area contributed by atoms with Crippen molar-refractivity contribution >= 4 is 21.6 Å². The van der Waals surface area contributed by atoms with Crippen molar-refractivity contribution in [2.75, 3.05) is 6.26 Å². The Morgan fingerprint density at radius 1 is 1.53 bits per heavy atom. The zero-order valence-electron chi connectivity index (χ0n) is 9.75. The van der Waals surface area contributed by atoms with E-state index in [-0.39, 0.29) is 11.8 Å². The van der Waals surface area contributed by atoms with Crippen molar-refractivity contribution in [1.82, 2.24) is 5.32 Å². The standard InChI is InChI=1S/C9H17N3O4S/c1-5(17(2,15)16)9(13)11-7(6-3-4-6)8(10)12-14/h5-7,14H,3-4H2,1-2H3,(H2,10,12)(H,11,13). The Labute approximate surface area is 100.0 Å². The molecule has 0 bridgehead atoms. The third-order valence-electron chi connectivity index (χ3n) is 2.84. The summed E-state index contributed by atoms with van der Waals surface area (Å²) in [5, 5.41) is 12.8. The molecular formula is C9H17N3O4S. The maximum atomic E-state index is 11.7. The largest absolute Gasteiger partial charge is 0.409 e. The number of rotatable bonds is 5. The smallest absolute Gasteiger partial charge is 0.238 e. The lowest BCUT2D eigenvalue weighted by atomic mass is 10.1. The van der Waals surface area contributed by atoms with Gasteiger partial charge >= 0.3 is 0 Å². The normalized spacial score (nSPS) is 20.7. The second-order valence-corrected chi connectivity index (χ2v) is 6.69. The Bertz CT molecular complexity index is 428. The van der Waals surface area contributed by atoms with E-state index in [0.717, 1.165) is 19.1 Å². The molecule has 1 saturated carbocycles. The number of hydrogen-bond donors (Lipinski definition) is 3. The number of nitrogens with two attached hydrogens (primary N) is 1. The first-order chi connectivity index (χ1) is 7.77. The van der Waals surface area contributed by atoms with Crippen molar-refractivity contribution < 1.29 is 18.4 Å². The molecule has 0 spiro atoms. The molecule has 1 aliphatic carbocycles. The van der Waals surface area contributed by atoms with Gasteiger partial charge in [0.05, 0.1) is 6.04 Å². The number of nitrogens with one attached hydrogen (secondary N) is 1. The lowest BCUT2D eigenvalue weighted by Gasteiger charge is -2.18. The molecule has 0 radical (unpaired) electrons. The number of carbonyl (C=O) groups is 1. The molecule has 0 aliphatic heterocycles. The molecule has 0 aromatic rings. The molecule has 7 nitrogen and oxygen atoms in total. The van der Waals surface area contributed by atoms with Gasteiger partial charge in [0, 0.05) is 6.26 Å². The first-order valence-corrected chi connectivity index (χ1v) is 7.19. The van der Waals surface area contributed by atoms with Crippen LogP contribution in [0.2, 0.25) is 0 Å². The van der Waals surface area contributed by atoms with E-state index in [1.165, 1.54) is 6.92 Å². The predicted octanol–water partition coefficient (Wildman–Crippen LogP) is -0.939. The third kappa shape index (κ3) is 3.58. The van der Waals surface area contributed by atoms with Gasteiger partial charge in [-0.2, -0.15) is 0 Å². The fourth-order valence-electron chi connectivity index (χ4n) is 1.39.